The minimum Gasteiger partial charge on any atom is -0.509 e. The van der Waals surface area contributed by atoms with Crippen LogP contribution in [0.3, 0.4) is 0 Å². The number of hydrogen-bond acceptors (Lipinski definition) is 6. The summed E-state index contributed by atoms with van der Waals surface area (Å²) in [4.78, 5) is 19.4. The molecule has 0 bridgehead atoms. The molecule has 13 aromatic rings. The number of rotatable bonds is 8. The predicted octanol–water partition coefficient (Wildman–Crippen LogP) is 13.9. The van der Waals surface area contributed by atoms with Crippen LogP contribution in [0.2, 0.25) is 0 Å². The first-order chi connectivity index (χ1) is 33.4. The van der Waals surface area contributed by atoms with E-state index in [2.05, 4.69) is 115 Å². The van der Waals surface area contributed by atoms with Gasteiger partial charge in [0.2, 0.25) is 5.95 Å². The van der Waals surface area contributed by atoms with Crippen LogP contribution in [0, 0.1) is 45.0 Å². The van der Waals surface area contributed by atoms with E-state index in [-0.39, 0.29) is 42.1 Å². The second kappa shape index (κ2) is 18.0. The van der Waals surface area contributed by atoms with Crippen LogP contribution in [0.4, 0.5) is 0 Å². The summed E-state index contributed by atoms with van der Waals surface area (Å²) in [7, 11) is 0. The van der Waals surface area contributed by atoms with Crippen LogP contribution in [0.15, 0.2) is 170 Å². The van der Waals surface area contributed by atoms with Gasteiger partial charge >= 0.3 is 42.1 Å². The van der Waals surface area contributed by atoms with E-state index in [1.807, 2.05) is 102 Å². The van der Waals surface area contributed by atoms with Crippen LogP contribution in [0.25, 0.3) is 94.1 Å². The van der Waals surface area contributed by atoms with Gasteiger partial charge in [0.1, 0.15) is 11.6 Å². The van der Waals surface area contributed by atoms with Gasteiger partial charge in [-0.3, -0.25) is 0 Å². The maximum absolute atomic E-state index is 6.64. The zero-order chi connectivity index (χ0) is 45.5. The average molecular weight is 1270 g/mol. The van der Waals surface area contributed by atoms with Crippen LogP contribution in [0.5, 0.6) is 23.0 Å². The molecule has 0 aliphatic heterocycles. The largest absolute Gasteiger partial charge is 2.00 e. The third-order valence-electron chi connectivity index (χ3n) is 12.6. The molecule has 0 saturated heterocycles. The van der Waals surface area contributed by atoms with E-state index < -0.39 is 0 Å². The molecule has 0 atom stereocenters. The molecule has 9 nitrogen and oxygen atoms in total. The summed E-state index contributed by atoms with van der Waals surface area (Å²) in [6, 6.07) is 63.2. The molecule has 6 heterocycles. The standard InChI is InChI=1S/C59H37N7O2.2Pt/c1-36-28-37(2)58(38(3)29-36)39-34-62-59(63-35-39)66-54-32-42(67-40-18-22-46-44-12-4-6-14-50(44)64(52(46)30-40)56-16-8-10-26-60-56)20-24-48(54)49-25-21-43(33-55(49)66)68-41-19-23-47-45-13-5-7-15-51(45)65(53(47)31-41)57-17-9-11-27-61-57;;/h4-29,34-35H,1-3H3;;/q-4;2*+2. The molecule has 0 fully saturated rings. The van der Waals surface area contributed by atoms with Gasteiger partial charge in [0.25, 0.3) is 0 Å². The fourth-order valence-electron chi connectivity index (χ4n) is 9.90. The van der Waals surface area contributed by atoms with Gasteiger partial charge in [0, 0.05) is 64.4 Å². The first-order valence-electron chi connectivity index (χ1n) is 22.4. The molecule has 0 saturated carbocycles. The Morgan fingerprint density at radius 3 is 1.20 bits per heavy atom. The molecule has 0 N–H and O–H groups in total. The molecule has 11 heteroatoms. The van der Waals surface area contributed by atoms with Crippen LogP contribution in [-0.4, -0.2) is 33.6 Å². The third kappa shape index (κ3) is 7.49. The Bertz CT molecular complexity index is 3890. The molecule has 13 rings (SSSR count). The molecular weight excluding hydrogens is 1230 g/mol. The van der Waals surface area contributed by atoms with Gasteiger partial charge in [-0.25, -0.2) is 19.9 Å². The SMILES string of the molecule is Cc1cc(C)c(-c2cnc(-n3c4[c-]c(Oc5[c-]c6c(cc5)c5ccccc5n6-c5ccccn5)ccc4c4ccc(Oc5[c-]c6c(cc5)c5ccccc5n6-c5ccccn5)[c-]c43)nc2)c(C)c1.[Pt+2].[Pt+2]. The molecular formula is C59H37N7O2Pt2. The topological polar surface area (TPSA) is 84.8 Å². The minimum absolute atomic E-state index is 0. The number of hydrogen-bond donors (Lipinski definition) is 0. The van der Waals surface area contributed by atoms with Crippen molar-refractivity contribution in [1.29, 1.82) is 0 Å². The summed E-state index contributed by atoms with van der Waals surface area (Å²) in [5.41, 5.74) is 10.9. The van der Waals surface area contributed by atoms with Crippen molar-refractivity contribution in [3.05, 3.63) is 211 Å². The number of para-hydroxylation sites is 2. The molecule has 0 unspecified atom stereocenters. The molecule has 0 aliphatic rings. The Hall–Kier alpha value is -7.70. The smallest absolute Gasteiger partial charge is 0.509 e. The van der Waals surface area contributed by atoms with Crippen molar-refractivity contribution in [2.75, 3.05) is 0 Å². The summed E-state index contributed by atoms with van der Waals surface area (Å²) in [6.45, 7) is 6.37. The number of ether oxygens (including phenoxy) is 2. The Morgan fingerprint density at radius 1 is 0.400 bits per heavy atom. The second-order valence-electron chi connectivity index (χ2n) is 17.0. The number of aryl methyl sites for hydroxylation is 3. The Kier molecular flexibility index (Phi) is 11.5. The first kappa shape index (κ1) is 44.8. The Morgan fingerprint density at radius 2 is 0.786 bits per heavy atom. The van der Waals surface area contributed by atoms with E-state index in [1.54, 1.807) is 12.4 Å². The third-order valence-corrected chi connectivity index (χ3v) is 12.6. The van der Waals surface area contributed by atoms with Gasteiger partial charge in [0.05, 0.1) is 0 Å². The van der Waals surface area contributed by atoms with Crippen LogP contribution < -0.4 is 9.47 Å². The molecule has 340 valence electrons. The minimum atomic E-state index is 0. The van der Waals surface area contributed by atoms with Gasteiger partial charge in [-0.15, -0.1) is 59.3 Å². The average Bonchev–Trinajstić information content (AvgIpc) is 3.99. The van der Waals surface area contributed by atoms with Crippen molar-refractivity contribution in [3.8, 4) is 51.7 Å². The predicted molar refractivity (Wildman–Crippen MR) is 269 cm³/mol. The molecule has 7 aromatic carbocycles. The number of aromatic nitrogens is 7. The quantitative estimate of drug-likeness (QED) is 0.141. The molecule has 0 spiro atoms. The number of nitrogens with zero attached hydrogens (tertiary/aromatic N) is 7. The second-order valence-corrected chi connectivity index (χ2v) is 17.0. The molecule has 0 radical (unpaired) electrons. The van der Waals surface area contributed by atoms with Crippen molar-refractivity contribution in [3.63, 3.8) is 0 Å². The van der Waals surface area contributed by atoms with E-state index in [1.165, 1.54) is 16.7 Å². The maximum atomic E-state index is 6.64. The van der Waals surface area contributed by atoms with E-state index in [0.29, 0.717) is 28.9 Å². The molecule has 0 amide bonds. The zero-order valence-electron chi connectivity index (χ0n) is 37.7. The maximum Gasteiger partial charge on any atom is 2.00 e. The van der Waals surface area contributed by atoms with E-state index in [9.17, 15) is 0 Å². The summed E-state index contributed by atoms with van der Waals surface area (Å²) in [5.74, 6) is 4.14. The van der Waals surface area contributed by atoms with Crippen molar-refractivity contribution in [1.82, 2.24) is 33.6 Å². The van der Waals surface area contributed by atoms with Gasteiger partial charge in [-0.2, -0.15) is 35.0 Å². The number of pyridine rings is 2. The molecule has 70 heavy (non-hydrogen) atoms. The van der Waals surface area contributed by atoms with Crippen molar-refractivity contribution < 1.29 is 51.6 Å². The number of benzene rings is 7. The van der Waals surface area contributed by atoms with Crippen LogP contribution in [-0.2, 0) is 42.1 Å². The monoisotopic (exact) mass is 1270 g/mol. The number of fused-ring (bicyclic) bond motifs is 9. The van der Waals surface area contributed by atoms with Crippen molar-refractivity contribution >= 4 is 65.4 Å². The normalized spacial score (nSPS) is 11.4. The summed E-state index contributed by atoms with van der Waals surface area (Å²) >= 11 is 0. The van der Waals surface area contributed by atoms with Crippen LogP contribution in [0.1, 0.15) is 16.7 Å². The zero-order valence-corrected chi connectivity index (χ0v) is 42.3. The van der Waals surface area contributed by atoms with E-state index >= 15 is 0 Å². The van der Waals surface area contributed by atoms with Gasteiger partial charge < -0.3 is 23.2 Å². The fraction of sp³-hybridized carbons (Fsp3) is 0.0508. The molecule has 0 aliphatic carbocycles. The van der Waals surface area contributed by atoms with Gasteiger partial charge in [-0.1, -0.05) is 88.3 Å². The molecule has 6 aromatic heterocycles. The van der Waals surface area contributed by atoms with Crippen molar-refractivity contribution in [2.45, 2.75) is 20.8 Å². The van der Waals surface area contributed by atoms with Gasteiger partial charge in [0.15, 0.2) is 0 Å². The summed E-state index contributed by atoms with van der Waals surface area (Å²) in [6.07, 6.45) is 7.38. The van der Waals surface area contributed by atoms with E-state index in [0.717, 1.165) is 88.2 Å². The summed E-state index contributed by atoms with van der Waals surface area (Å²) < 4.78 is 19.5. The fourth-order valence-corrected chi connectivity index (χ4v) is 9.90. The van der Waals surface area contributed by atoms with Crippen LogP contribution >= 0.6 is 0 Å². The summed E-state index contributed by atoms with van der Waals surface area (Å²) in [5, 5.41) is 6.18. The Balaban J connectivity index is 0.00000267. The first-order valence-corrected chi connectivity index (χ1v) is 22.4. The van der Waals surface area contributed by atoms with Gasteiger partial charge in [-0.05, 0) is 84.6 Å². The van der Waals surface area contributed by atoms with E-state index in [4.69, 9.17) is 29.4 Å². The Labute approximate surface area is 431 Å². The van der Waals surface area contributed by atoms with Crippen molar-refractivity contribution in [2.24, 2.45) is 0 Å².